The van der Waals surface area contributed by atoms with Gasteiger partial charge in [-0.3, -0.25) is 9.36 Å². The van der Waals surface area contributed by atoms with E-state index in [1.807, 2.05) is 40.7 Å². The van der Waals surface area contributed by atoms with Crippen LogP contribution in [0.15, 0.2) is 34.1 Å². The summed E-state index contributed by atoms with van der Waals surface area (Å²) in [6.07, 6.45) is 5.43. The van der Waals surface area contributed by atoms with Crippen molar-refractivity contribution >= 4 is 17.6 Å². The lowest BCUT2D eigenvalue weighted by molar-refractivity contribution is -0.117. The number of amides is 1. The molecule has 3 heterocycles. The Bertz CT molecular complexity index is 1010. The van der Waals surface area contributed by atoms with Crippen LogP contribution in [0.5, 0.6) is 0 Å². The lowest BCUT2D eigenvalue weighted by atomic mass is 10.2. The maximum atomic E-state index is 12.4. The minimum absolute atomic E-state index is 0.0133. The van der Waals surface area contributed by atoms with E-state index in [-0.39, 0.29) is 11.6 Å². The van der Waals surface area contributed by atoms with Gasteiger partial charge in [0.25, 0.3) is 0 Å². The molecule has 2 aliphatic heterocycles. The maximum absolute atomic E-state index is 12.4. The SMILES string of the molecule is CCNC(=NCc1ccc(N2CCCC2=O)cc1)NCCCn1nc2n(c1=O)CCCC2. The molecule has 0 saturated carbocycles. The standard InChI is InChI=1S/C23H33N7O2/c1-2-24-22(25-13-6-16-30-23(32)29-14-4-3-7-20(29)27-30)26-17-18-9-11-19(12-10-18)28-15-5-8-21(28)31/h9-12H,2-8,13-17H2,1H3,(H2,24,25,26). The molecule has 4 rings (SSSR count). The van der Waals surface area contributed by atoms with E-state index in [0.717, 1.165) is 74.8 Å². The van der Waals surface area contributed by atoms with Crippen molar-refractivity contribution < 1.29 is 4.79 Å². The van der Waals surface area contributed by atoms with Crippen molar-refractivity contribution in [3.05, 3.63) is 46.1 Å². The van der Waals surface area contributed by atoms with Crippen LogP contribution in [0.3, 0.4) is 0 Å². The van der Waals surface area contributed by atoms with Gasteiger partial charge in [-0.2, -0.15) is 5.10 Å². The minimum Gasteiger partial charge on any atom is -0.357 e. The summed E-state index contributed by atoms with van der Waals surface area (Å²) >= 11 is 0. The van der Waals surface area contributed by atoms with E-state index >= 15 is 0 Å². The summed E-state index contributed by atoms with van der Waals surface area (Å²) in [4.78, 5) is 30.8. The number of fused-ring (bicyclic) bond motifs is 1. The van der Waals surface area contributed by atoms with Crippen molar-refractivity contribution in [1.82, 2.24) is 25.0 Å². The molecule has 0 bridgehead atoms. The summed E-state index contributed by atoms with van der Waals surface area (Å²) < 4.78 is 3.41. The summed E-state index contributed by atoms with van der Waals surface area (Å²) in [6, 6.07) is 8.05. The highest BCUT2D eigenvalue weighted by Gasteiger charge is 2.21. The molecular weight excluding hydrogens is 406 g/mol. The number of carbonyl (C=O) groups is 1. The van der Waals surface area contributed by atoms with Crippen LogP contribution in [0, 0.1) is 0 Å². The summed E-state index contributed by atoms with van der Waals surface area (Å²) in [7, 11) is 0. The highest BCUT2D eigenvalue weighted by molar-refractivity contribution is 5.95. The topological polar surface area (TPSA) is 96.6 Å². The van der Waals surface area contributed by atoms with Crippen LogP contribution < -0.4 is 21.2 Å². The van der Waals surface area contributed by atoms with Gasteiger partial charge in [0.2, 0.25) is 5.91 Å². The largest absolute Gasteiger partial charge is 0.357 e. The van der Waals surface area contributed by atoms with E-state index in [1.165, 1.54) is 0 Å². The van der Waals surface area contributed by atoms with Crippen LogP contribution >= 0.6 is 0 Å². The fourth-order valence-corrected chi connectivity index (χ4v) is 4.24. The van der Waals surface area contributed by atoms with E-state index in [0.29, 0.717) is 26.1 Å². The van der Waals surface area contributed by atoms with Crippen LogP contribution in [-0.2, 0) is 30.8 Å². The first-order valence-electron chi connectivity index (χ1n) is 11.7. The predicted molar refractivity (Wildman–Crippen MR) is 125 cm³/mol. The monoisotopic (exact) mass is 439 g/mol. The molecule has 9 nitrogen and oxygen atoms in total. The lowest BCUT2D eigenvalue weighted by Crippen LogP contribution is -2.38. The quantitative estimate of drug-likeness (QED) is 0.370. The van der Waals surface area contributed by atoms with Crippen molar-refractivity contribution in [2.45, 2.75) is 65.1 Å². The van der Waals surface area contributed by atoms with E-state index in [4.69, 9.17) is 0 Å². The number of nitrogens with one attached hydrogen (secondary N) is 2. The molecule has 2 N–H and O–H groups in total. The number of aryl methyl sites for hydroxylation is 2. The Balaban J connectivity index is 1.27. The average molecular weight is 440 g/mol. The smallest absolute Gasteiger partial charge is 0.345 e. The van der Waals surface area contributed by atoms with Gasteiger partial charge in [-0.1, -0.05) is 12.1 Å². The van der Waals surface area contributed by atoms with E-state index in [1.54, 1.807) is 4.68 Å². The lowest BCUT2D eigenvalue weighted by Gasteiger charge is -2.16. The van der Waals surface area contributed by atoms with Crippen molar-refractivity contribution in [2.75, 3.05) is 24.5 Å². The number of guanidine groups is 1. The Morgan fingerprint density at radius 1 is 1.06 bits per heavy atom. The normalized spacial score (nSPS) is 16.3. The molecule has 172 valence electrons. The molecular formula is C23H33N7O2. The Labute approximate surface area is 188 Å². The van der Waals surface area contributed by atoms with Gasteiger partial charge in [0.15, 0.2) is 5.96 Å². The highest BCUT2D eigenvalue weighted by Crippen LogP contribution is 2.21. The van der Waals surface area contributed by atoms with Crippen molar-refractivity contribution in [3.63, 3.8) is 0 Å². The maximum Gasteiger partial charge on any atom is 0.345 e. The van der Waals surface area contributed by atoms with Crippen LogP contribution in [-0.4, -0.2) is 45.8 Å². The van der Waals surface area contributed by atoms with Gasteiger partial charge in [-0.15, -0.1) is 0 Å². The van der Waals surface area contributed by atoms with Crippen LogP contribution in [0.1, 0.15) is 50.4 Å². The van der Waals surface area contributed by atoms with Gasteiger partial charge < -0.3 is 15.5 Å². The molecule has 2 aliphatic rings. The van der Waals surface area contributed by atoms with Gasteiger partial charge in [-0.05, 0) is 50.3 Å². The van der Waals surface area contributed by atoms with Gasteiger partial charge in [-0.25, -0.2) is 14.5 Å². The number of nitrogens with zero attached hydrogens (tertiary/aromatic N) is 5. The third kappa shape index (κ3) is 5.20. The molecule has 0 unspecified atom stereocenters. The molecule has 9 heteroatoms. The zero-order valence-corrected chi connectivity index (χ0v) is 18.8. The summed E-state index contributed by atoms with van der Waals surface area (Å²) in [5, 5.41) is 11.1. The zero-order chi connectivity index (χ0) is 22.3. The summed E-state index contributed by atoms with van der Waals surface area (Å²) in [5.41, 5.74) is 2.06. The molecule has 0 aliphatic carbocycles. The Kier molecular flexibility index (Phi) is 7.24. The molecule has 1 aromatic carbocycles. The van der Waals surface area contributed by atoms with Crippen molar-refractivity contribution in [2.24, 2.45) is 4.99 Å². The number of hydrogen-bond acceptors (Lipinski definition) is 4. The molecule has 32 heavy (non-hydrogen) atoms. The first-order chi connectivity index (χ1) is 15.7. The van der Waals surface area contributed by atoms with E-state index in [9.17, 15) is 9.59 Å². The number of aromatic nitrogens is 3. The van der Waals surface area contributed by atoms with Crippen LogP contribution in [0.4, 0.5) is 5.69 Å². The Morgan fingerprint density at radius 2 is 1.91 bits per heavy atom. The number of aliphatic imine (C=N–C) groups is 1. The first kappa shape index (κ1) is 22.1. The average Bonchev–Trinajstić information content (AvgIpc) is 3.38. The third-order valence-corrected chi connectivity index (χ3v) is 5.96. The molecule has 1 amide bonds. The summed E-state index contributed by atoms with van der Waals surface area (Å²) in [5.74, 6) is 1.87. The van der Waals surface area contributed by atoms with Gasteiger partial charge in [0.1, 0.15) is 5.82 Å². The van der Waals surface area contributed by atoms with Crippen LogP contribution in [0.2, 0.25) is 0 Å². The molecule has 1 fully saturated rings. The highest BCUT2D eigenvalue weighted by atomic mass is 16.2. The Morgan fingerprint density at radius 3 is 2.62 bits per heavy atom. The minimum atomic E-state index is 0.0133. The first-order valence-corrected chi connectivity index (χ1v) is 11.7. The zero-order valence-electron chi connectivity index (χ0n) is 18.8. The van der Waals surface area contributed by atoms with Gasteiger partial charge in [0, 0.05) is 51.3 Å². The molecule has 0 radical (unpaired) electrons. The number of anilines is 1. The van der Waals surface area contributed by atoms with Gasteiger partial charge >= 0.3 is 5.69 Å². The van der Waals surface area contributed by atoms with Crippen molar-refractivity contribution in [1.29, 1.82) is 0 Å². The Hall–Kier alpha value is -3.10. The van der Waals surface area contributed by atoms with E-state index < -0.39 is 0 Å². The fraction of sp³-hybridized carbons (Fsp3) is 0.565. The van der Waals surface area contributed by atoms with Gasteiger partial charge in [0.05, 0.1) is 6.54 Å². The van der Waals surface area contributed by atoms with Crippen LogP contribution in [0.25, 0.3) is 0 Å². The third-order valence-electron chi connectivity index (χ3n) is 5.96. The van der Waals surface area contributed by atoms with E-state index in [2.05, 4.69) is 20.7 Å². The second kappa shape index (κ2) is 10.5. The second-order valence-electron chi connectivity index (χ2n) is 8.32. The molecule has 1 saturated heterocycles. The number of rotatable bonds is 8. The fourth-order valence-electron chi connectivity index (χ4n) is 4.24. The predicted octanol–water partition coefficient (Wildman–Crippen LogP) is 1.65. The molecule has 1 aromatic heterocycles. The number of carbonyl (C=O) groups excluding carboxylic acids is 1. The molecule has 2 aromatic rings. The second-order valence-corrected chi connectivity index (χ2v) is 8.32. The molecule has 0 atom stereocenters. The van der Waals surface area contributed by atoms with Crippen molar-refractivity contribution in [3.8, 4) is 0 Å². The number of hydrogen-bond donors (Lipinski definition) is 2. The molecule has 0 spiro atoms. The summed E-state index contributed by atoms with van der Waals surface area (Å²) in [6.45, 7) is 6.26. The number of benzene rings is 1.